The molecule has 3 rings (SSSR count). The third kappa shape index (κ3) is 6.86. The number of amides is 1. The zero-order valence-corrected chi connectivity index (χ0v) is 24.6. The van der Waals surface area contributed by atoms with Crippen LogP contribution >= 0.6 is 0 Å². The summed E-state index contributed by atoms with van der Waals surface area (Å²) in [4.78, 5) is 34.0. The maximum Gasteiger partial charge on any atom is 0.416 e. The van der Waals surface area contributed by atoms with E-state index in [4.69, 9.17) is 9.47 Å². The van der Waals surface area contributed by atoms with Crippen LogP contribution in [0.2, 0.25) is 0 Å². The Hall–Kier alpha value is -3.54. The minimum Gasteiger partial charge on any atom is -0.496 e. The first-order valence-corrected chi connectivity index (χ1v) is 13.3. The number of carbonyl (C=O) groups is 2. The molecule has 1 aromatic heterocycles. The minimum absolute atomic E-state index is 0.0374. The number of hydrogen-bond donors (Lipinski definition) is 2. The van der Waals surface area contributed by atoms with Crippen LogP contribution in [0.15, 0.2) is 36.5 Å². The second-order valence-electron chi connectivity index (χ2n) is 11.7. The number of alkyl halides is 3. The first-order valence-electron chi connectivity index (χ1n) is 13.3. The summed E-state index contributed by atoms with van der Waals surface area (Å²) in [5.41, 5.74) is -0.422. The number of rotatable bonds is 8. The number of nitrogens with zero attached hydrogens (tertiary/aromatic N) is 3. The molecule has 41 heavy (non-hydrogen) atoms. The molecule has 2 heterocycles. The Morgan fingerprint density at radius 1 is 1.17 bits per heavy atom. The quantitative estimate of drug-likeness (QED) is 0.431. The lowest BCUT2D eigenvalue weighted by atomic mass is 9.72. The van der Waals surface area contributed by atoms with Crippen LogP contribution in [-0.2, 0) is 22.3 Å². The molecule has 1 fully saturated rings. The van der Waals surface area contributed by atoms with Gasteiger partial charge in [-0.2, -0.15) is 13.2 Å². The van der Waals surface area contributed by atoms with E-state index < -0.39 is 59.4 Å². The molecule has 0 saturated carbocycles. The maximum atomic E-state index is 13.6. The highest BCUT2D eigenvalue weighted by Crippen LogP contribution is 2.50. The summed E-state index contributed by atoms with van der Waals surface area (Å²) in [6.45, 7) is 9.10. The molecule has 9 nitrogen and oxygen atoms in total. The summed E-state index contributed by atoms with van der Waals surface area (Å²) < 4.78 is 50.8. The van der Waals surface area contributed by atoms with E-state index in [2.05, 4.69) is 10.3 Å². The first kappa shape index (κ1) is 32.0. The predicted octanol–water partition coefficient (Wildman–Crippen LogP) is 5.35. The Kier molecular flexibility index (Phi) is 9.47. The van der Waals surface area contributed by atoms with Gasteiger partial charge in [-0.1, -0.05) is 32.9 Å². The molecule has 0 aliphatic carbocycles. The van der Waals surface area contributed by atoms with E-state index in [0.29, 0.717) is 16.9 Å². The maximum absolute atomic E-state index is 13.6. The number of carbonyl (C=O) groups excluding carboxylic acids is 1. The van der Waals surface area contributed by atoms with Crippen molar-refractivity contribution in [3.8, 4) is 5.75 Å². The monoisotopic (exact) mass is 580 g/mol. The molecule has 0 radical (unpaired) electrons. The molecular formula is C29H39F3N4O5. The van der Waals surface area contributed by atoms with Gasteiger partial charge in [-0.05, 0) is 37.5 Å². The van der Waals surface area contributed by atoms with Crippen LogP contribution < -0.4 is 15.0 Å². The summed E-state index contributed by atoms with van der Waals surface area (Å²) in [7, 11) is 4.88. The molecule has 4 atom stereocenters. The van der Waals surface area contributed by atoms with Crippen molar-refractivity contribution < 1.29 is 37.3 Å². The fraction of sp³-hybridized carbons (Fsp3) is 0.552. The van der Waals surface area contributed by atoms with Crippen LogP contribution in [0.4, 0.5) is 23.8 Å². The molecule has 1 aliphatic heterocycles. The van der Waals surface area contributed by atoms with E-state index in [1.807, 2.05) is 20.8 Å². The van der Waals surface area contributed by atoms with Crippen LogP contribution in [-0.4, -0.2) is 66.4 Å². The van der Waals surface area contributed by atoms with E-state index in [-0.39, 0.29) is 12.3 Å². The van der Waals surface area contributed by atoms with Crippen molar-refractivity contribution in [2.45, 2.75) is 71.6 Å². The highest BCUT2D eigenvalue weighted by atomic mass is 19.4. The van der Waals surface area contributed by atoms with Crippen LogP contribution in [0.3, 0.4) is 0 Å². The molecule has 0 spiro atoms. The van der Waals surface area contributed by atoms with Gasteiger partial charge in [0.15, 0.2) is 0 Å². The molecule has 1 aliphatic rings. The molecule has 1 aromatic carbocycles. The Morgan fingerprint density at radius 3 is 2.34 bits per heavy atom. The lowest BCUT2D eigenvalue weighted by Crippen LogP contribution is -2.48. The molecule has 226 valence electrons. The topological polar surface area (TPSA) is 104 Å². The molecule has 4 unspecified atom stereocenters. The summed E-state index contributed by atoms with van der Waals surface area (Å²) in [5, 5.41) is 13.9. The average Bonchev–Trinajstić information content (AvgIpc) is 3.22. The lowest BCUT2D eigenvalue weighted by molar-refractivity contribution is -0.145. The van der Waals surface area contributed by atoms with Crippen molar-refractivity contribution in [2.24, 2.45) is 11.3 Å². The SMILES string of the molecule is COc1cc(C(F)(F)F)ccc1CNC1C(c2cccnc2N(C)C)N(C(=O)OC(C)C)C(C(=O)O)C1C(C)(C)C. The molecule has 0 bridgehead atoms. The largest absolute Gasteiger partial charge is 0.496 e. The number of carboxylic acids is 1. The Morgan fingerprint density at radius 2 is 1.83 bits per heavy atom. The molecule has 1 saturated heterocycles. The van der Waals surface area contributed by atoms with E-state index in [9.17, 15) is 27.9 Å². The van der Waals surface area contributed by atoms with Crippen molar-refractivity contribution in [1.29, 1.82) is 0 Å². The van der Waals surface area contributed by atoms with Gasteiger partial charge in [0.05, 0.1) is 24.8 Å². The summed E-state index contributed by atoms with van der Waals surface area (Å²) in [5.74, 6) is -1.25. The lowest BCUT2D eigenvalue weighted by Gasteiger charge is -2.35. The van der Waals surface area contributed by atoms with Gasteiger partial charge >= 0.3 is 18.2 Å². The Balaban J connectivity index is 2.20. The van der Waals surface area contributed by atoms with E-state index >= 15 is 0 Å². The number of benzene rings is 1. The third-order valence-electron chi connectivity index (χ3n) is 7.17. The summed E-state index contributed by atoms with van der Waals surface area (Å²) in [6, 6.07) is 3.98. The van der Waals surface area contributed by atoms with Gasteiger partial charge in [-0.15, -0.1) is 0 Å². The number of nitrogens with one attached hydrogen (secondary N) is 1. The molecule has 2 aromatic rings. The van der Waals surface area contributed by atoms with Crippen LogP contribution in [0.25, 0.3) is 0 Å². The van der Waals surface area contributed by atoms with E-state index in [1.54, 1.807) is 51.2 Å². The first-order chi connectivity index (χ1) is 19.0. The standard InChI is InChI=1S/C29H39F3N4O5/c1-16(2)41-27(39)36-23(19-10-9-13-33-25(19)35(6)7)22(21(28(3,4)5)24(36)26(37)38)34-15-17-11-12-18(29(30,31)32)14-20(17)40-8/h9-14,16,21-24,34H,15H2,1-8H3,(H,37,38). The second kappa shape index (κ2) is 12.1. The normalized spacial score (nSPS) is 21.2. The van der Waals surface area contributed by atoms with Crippen molar-refractivity contribution >= 4 is 17.9 Å². The number of hydrogen-bond acceptors (Lipinski definition) is 7. The van der Waals surface area contributed by atoms with Gasteiger partial charge < -0.3 is 24.8 Å². The fourth-order valence-corrected chi connectivity index (χ4v) is 5.58. The van der Waals surface area contributed by atoms with Gasteiger partial charge in [0.1, 0.15) is 17.6 Å². The number of aliphatic carboxylic acids is 1. The van der Waals surface area contributed by atoms with E-state index in [1.165, 1.54) is 18.1 Å². The summed E-state index contributed by atoms with van der Waals surface area (Å²) in [6.07, 6.45) is -4.22. The highest BCUT2D eigenvalue weighted by molar-refractivity contribution is 5.82. The Labute approximate surface area is 238 Å². The molecule has 2 N–H and O–H groups in total. The number of carboxylic acid groups (broad SMARTS) is 1. The van der Waals surface area contributed by atoms with Crippen molar-refractivity contribution in [1.82, 2.24) is 15.2 Å². The number of pyridine rings is 1. The summed E-state index contributed by atoms with van der Waals surface area (Å²) >= 11 is 0. The zero-order valence-electron chi connectivity index (χ0n) is 24.6. The smallest absolute Gasteiger partial charge is 0.416 e. The number of anilines is 1. The second-order valence-corrected chi connectivity index (χ2v) is 11.7. The third-order valence-corrected chi connectivity index (χ3v) is 7.17. The van der Waals surface area contributed by atoms with Crippen LogP contribution in [0.5, 0.6) is 5.75 Å². The van der Waals surface area contributed by atoms with Gasteiger partial charge in [0.2, 0.25) is 0 Å². The fourth-order valence-electron chi connectivity index (χ4n) is 5.58. The zero-order chi connectivity index (χ0) is 30.9. The molecule has 1 amide bonds. The van der Waals surface area contributed by atoms with Gasteiger partial charge in [0.25, 0.3) is 0 Å². The van der Waals surface area contributed by atoms with Crippen LogP contribution in [0.1, 0.15) is 57.4 Å². The minimum atomic E-state index is -4.54. The van der Waals surface area contributed by atoms with Gasteiger partial charge in [0, 0.05) is 49.9 Å². The predicted molar refractivity (Wildman–Crippen MR) is 148 cm³/mol. The molecular weight excluding hydrogens is 541 g/mol. The van der Waals surface area contributed by atoms with Crippen molar-refractivity contribution in [2.75, 3.05) is 26.1 Å². The van der Waals surface area contributed by atoms with Gasteiger partial charge in [-0.25, -0.2) is 14.6 Å². The number of aromatic nitrogens is 1. The highest BCUT2D eigenvalue weighted by Gasteiger charge is 2.59. The number of ether oxygens (including phenoxy) is 2. The number of likely N-dealkylation sites (tertiary alicyclic amines) is 1. The van der Waals surface area contributed by atoms with Crippen LogP contribution in [0, 0.1) is 11.3 Å². The van der Waals surface area contributed by atoms with Crippen molar-refractivity contribution in [3.63, 3.8) is 0 Å². The van der Waals surface area contributed by atoms with Gasteiger partial charge in [-0.3, -0.25) is 4.90 Å². The average molecular weight is 581 g/mol. The Bertz CT molecular complexity index is 1250. The number of halogens is 3. The number of methoxy groups -OCH3 is 1. The molecule has 12 heteroatoms. The van der Waals surface area contributed by atoms with E-state index in [0.717, 1.165) is 12.1 Å². The van der Waals surface area contributed by atoms with Crippen molar-refractivity contribution in [3.05, 3.63) is 53.2 Å².